The molecule has 0 saturated carbocycles. The molecule has 1 atom stereocenters. The molecule has 0 fully saturated rings. The van der Waals surface area contributed by atoms with Crippen LogP contribution in [0, 0.1) is 5.82 Å². The molecule has 0 aliphatic carbocycles. The third-order valence-electron chi connectivity index (χ3n) is 2.76. The SMILES string of the molecule is CC(Cc1ccc(F)cc1)NCCn1ccnn1. The first-order valence-electron chi connectivity index (χ1n) is 6.06. The molecule has 0 aliphatic rings. The Morgan fingerprint density at radius 1 is 1.33 bits per heavy atom. The van der Waals surface area contributed by atoms with Crippen LogP contribution in [0.15, 0.2) is 36.7 Å². The fraction of sp³-hybridized carbons (Fsp3) is 0.385. The maximum atomic E-state index is 12.8. The second kappa shape index (κ2) is 6.26. The third kappa shape index (κ3) is 3.92. The van der Waals surface area contributed by atoms with E-state index in [-0.39, 0.29) is 5.82 Å². The van der Waals surface area contributed by atoms with E-state index in [4.69, 9.17) is 0 Å². The molecule has 1 unspecified atom stereocenters. The molecular formula is C13H17FN4. The topological polar surface area (TPSA) is 42.7 Å². The maximum Gasteiger partial charge on any atom is 0.123 e. The Labute approximate surface area is 106 Å². The number of halogens is 1. The first-order valence-corrected chi connectivity index (χ1v) is 6.06. The molecule has 2 rings (SSSR count). The first-order chi connectivity index (χ1) is 8.74. The van der Waals surface area contributed by atoms with Gasteiger partial charge in [-0.25, -0.2) is 4.39 Å². The van der Waals surface area contributed by atoms with Crippen LogP contribution >= 0.6 is 0 Å². The fourth-order valence-corrected chi connectivity index (χ4v) is 1.82. The maximum absolute atomic E-state index is 12.8. The molecule has 0 amide bonds. The zero-order valence-electron chi connectivity index (χ0n) is 10.4. The fourth-order valence-electron chi connectivity index (χ4n) is 1.82. The lowest BCUT2D eigenvalue weighted by atomic mass is 10.1. The van der Waals surface area contributed by atoms with Gasteiger partial charge >= 0.3 is 0 Å². The van der Waals surface area contributed by atoms with Crippen molar-refractivity contribution in [1.82, 2.24) is 20.3 Å². The summed E-state index contributed by atoms with van der Waals surface area (Å²) in [4.78, 5) is 0. The van der Waals surface area contributed by atoms with Crippen molar-refractivity contribution in [3.8, 4) is 0 Å². The largest absolute Gasteiger partial charge is 0.312 e. The molecule has 5 heteroatoms. The van der Waals surface area contributed by atoms with Crippen molar-refractivity contribution < 1.29 is 4.39 Å². The minimum absolute atomic E-state index is 0.189. The first kappa shape index (κ1) is 12.7. The van der Waals surface area contributed by atoms with Crippen molar-refractivity contribution in [2.24, 2.45) is 0 Å². The van der Waals surface area contributed by atoms with Crippen LogP contribution < -0.4 is 5.32 Å². The number of hydrogen-bond donors (Lipinski definition) is 1. The van der Waals surface area contributed by atoms with Crippen molar-refractivity contribution in [2.45, 2.75) is 25.9 Å². The summed E-state index contributed by atoms with van der Waals surface area (Å²) in [5.74, 6) is -0.189. The second-order valence-electron chi connectivity index (χ2n) is 4.35. The van der Waals surface area contributed by atoms with Gasteiger partial charge in [0, 0.05) is 18.8 Å². The molecule has 0 aliphatic heterocycles. The van der Waals surface area contributed by atoms with Crippen LogP contribution in [-0.4, -0.2) is 27.6 Å². The minimum atomic E-state index is -0.189. The van der Waals surface area contributed by atoms with Gasteiger partial charge in [0.2, 0.25) is 0 Å². The highest BCUT2D eigenvalue weighted by Gasteiger charge is 2.03. The number of rotatable bonds is 6. The van der Waals surface area contributed by atoms with E-state index in [1.165, 1.54) is 12.1 Å². The van der Waals surface area contributed by atoms with Gasteiger partial charge in [0.05, 0.1) is 12.7 Å². The Balaban J connectivity index is 1.71. The standard InChI is InChI=1S/C13H17FN4/c1-11(10-12-2-4-13(14)5-3-12)15-6-8-18-9-7-16-17-18/h2-5,7,9,11,15H,6,8,10H2,1H3. The Kier molecular flexibility index (Phi) is 4.41. The lowest BCUT2D eigenvalue weighted by Gasteiger charge is -2.13. The molecule has 1 heterocycles. The Morgan fingerprint density at radius 3 is 2.78 bits per heavy atom. The lowest BCUT2D eigenvalue weighted by Crippen LogP contribution is -2.31. The van der Waals surface area contributed by atoms with Crippen LogP contribution in [0.4, 0.5) is 4.39 Å². The highest BCUT2D eigenvalue weighted by molar-refractivity contribution is 5.16. The molecule has 18 heavy (non-hydrogen) atoms. The number of benzene rings is 1. The van der Waals surface area contributed by atoms with Crippen LogP contribution in [0.25, 0.3) is 0 Å². The van der Waals surface area contributed by atoms with Crippen LogP contribution in [-0.2, 0) is 13.0 Å². The summed E-state index contributed by atoms with van der Waals surface area (Å²) < 4.78 is 14.5. The summed E-state index contributed by atoms with van der Waals surface area (Å²) in [6, 6.07) is 6.99. The molecule has 1 aromatic heterocycles. The quantitative estimate of drug-likeness (QED) is 0.845. The monoisotopic (exact) mass is 248 g/mol. The number of nitrogens with one attached hydrogen (secondary N) is 1. The van der Waals surface area contributed by atoms with Crippen molar-refractivity contribution in [2.75, 3.05) is 6.54 Å². The molecule has 96 valence electrons. The van der Waals surface area contributed by atoms with Gasteiger partial charge in [-0.3, -0.25) is 4.68 Å². The van der Waals surface area contributed by atoms with Crippen LogP contribution in [0.3, 0.4) is 0 Å². The number of aromatic nitrogens is 3. The molecule has 4 nitrogen and oxygen atoms in total. The Hall–Kier alpha value is -1.75. The van der Waals surface area contributed by atoms with Crippen molar-refractivity contribution in [3.63, 3.8) is 0 Å². The molecule has 1 aromatic carbocycles. The van der Waals surface area contributed by atoms with Gasteiger partial charge in [-0.2, -0.15) is 0 Å². The van der Waals surface area contributed by atoms with Crippen LogP contribution in [0.5, 0.6) is 0 Å². The molecular weight excluding hydrogens is 231 g/mol. The normalized spacial score (nSPS) is 12.6. The van der Waals surface area contributed by atoms with Gasteiger partial charge in [0.15, 0.2) is 0 Å². The minimum Gasteiger partial charge on any atom is -0.312 e. The average Bonchev–Trinajstić information content (AvgIpc) is 2.85. The van der Waals surface area contributed by atoms with E-state index in [9.17, 15) is 4.39 Å². The third-order valence-corrected chi connectivity index (χ3v) is 2.76. The van der Waals surface area contributed by atoms with E-state index in [0.29, 0.717) is 6.04 Å². The summed E-state index contributed by atoms with van der Waals surface area (Å²) >= 11 is 0. The van der Waals surface area contributed by atoms with Gasteiger partial charge in [-0.1, -0.05) is 17.3 Å². The van der Waals surface area contributed by atoms with E-state index in [1.807, 2.05) is 18.3 Å². The summed E-state index contributed by atoms with van der Waals surface area (Å²) in [5.41, 5.74) is 1.14. The van der Waals surface area contributed by atoms with Gasteiger partial charge < -0.3 is 5.32 Å². The number of hydrogen-bond acceptors (Lipinski definition) is 3. The predicted octanol–water partition coefficient (Wildman–Crippen LogP) is 1.64. The Morgan fingerprint density at radius 2 is 2.11 bits per heavy atom. The van der Waals surface area contributed by atoms with E-state index < -0.39 is 0 Å². The summed E-state index contributed by atoms with van der Waals surface area (Å²) in [6.07, 6.45) is 4.39. The van der Waals surface area contributed by atoms with E-state index in [2.05, 4.69) is 22.6 Å². The average molecular weight is 248 g/mol. The molecule has 0 radical (unpaired) electrons. The zero-order chi connectivity index (χ0) is 12.8. The van der Waals surface area contributed by atoms with E-state index in [1.54, 1.807) is 10.9 Å². The van der Waals surface area contributed by atoms with Crippen molar-refractivity contribution in [1.29, 1.82) is 0 Å². The predicted molar refractivity (Wildman–Crippen MR) is 67.6 cm³/mol. The molecule has 1 N–H and O–H groups in total. The van der Waals surface area contributed by atoms with E-state index >= 15 is 0 Å². The number of nitrogens with zero attached hydrogens (tertiary/aromatic N) is 3. The van der Waals surface area contributed by atoms with Gasteiger partial charge in [-0.05, 0) is 31.0 Å². The Bertz CT molecular complexity index is 452. The van der Waals surface area contributed by atoms with Crippen molar-refractivity contribution >= 4 is 0 Å². The van der Waals surface area contributed by atoms with Gasteiger partial charge in [0.1, 0.15) is 5.82 Å². The highest BCUT2D eigenvalue weighted by Crippen LogP contribution is 2.05. The summed E-state index contributed by atoms with van der Waals surface area (Å²) in [5, 5.41) is 11.0. The van der Waals surface area contributed by atoms with E-state index in [0.717, 1.165) is 25.1 Å². The van der Waals surface area contributed by atoms with Crippen molar-refractivity contribution in [3.05, 3.63) is 48.0 Å². The summed E-state index contributed by atoms with van der Waals surface area (Å²) in [6.45, 7) is 3.75. The van der Waals surface area contributed by atoms with Gasteiger partial charge in [0.25, 0.3) is 0 Å². The smallest absolute Gasteiger partial charge is 0.123 e. The second-order valence-corrected chi connectivity index (χ2v) is 4.35. The molecule has 0 bridgehead atoms. The van der Waals surface area contributed by atoms with Gasteiger partial charge in [-0.15, -0.1) is 5.10 Å². The molecule has 0 spiro atoms. The molecule has 2 aromatic rings. The summed E-state index contributed by atoms with van der Waals surface area (Å²) in [7, 11) is 0. The molecule has 0 saturated heterocycles. The van der Waals surface area contributed by atoms with Crippen LogP contribution in [0.2, 0.25) is 0 Å². The highest BCUT2D eigenvalue weighted by atomic mass is 19.1. The zero-order valence-corrected chi connectivity index (χ0v) is 10.4. The lowest BCUT2D eigenvalue weighted by molar-refractivity contribution is 0.486. The van der Waals surface area contributed by atoms with Crippen LogP contribution in [0.1, 0.15) is 12.5 Å².